The van der Waals surface area contributed by atoms with Gasteiger partial charge < -0.3 is 15.2 Å². The van der Waals surface area contributed by atoms with E-state index in [4.69, 9.17) is 9.94 Å². The molecule has 2 rings (SSSR count). The van der Waals surface area contributed by atoms with Gasteiger partial charge >= 0.3 is 0 Å². The number of aliphatic hydroxyl groups excluding tert-OH is 1. The maximum absolute atomic E-state index is 12.4. The van der Waals surface area contributed by atoms with Crippen molar-refractivity contribution in [3.05, 3.63) is 64.7 Å². The van der Waals surface area contributed by atoms with E-state index in [-0.39, 0.29) is 5.56 Å². The van der Waals surface area contributed by atoms with Crippen LogP contribution in [0.1, 0.15) is 40.9 Å². The Morgan fingerprint density at radius 3 is 2.38 bits per heavy atom. The number of nitrogens with one attached hydrogen (secondary N) is 2. The fourth-order valence-corrected chi connectivity index (χ4v) is 2.60. The number of carbonyl (C=O) groups is 2. The molecule has 152 valence electrons. The summed E-state index contributed by atoms with van der Waals surface area (Å²) in [6.07, 6.45) is -0.238. The second kappa shape index (κ2) is 10.3. The van der Waals surface area contributed by atoms with Gasteiger partial charge in [0.25, 0.3) is 11.8 Å². The number of aryl methyl sites for hydroxylation is 1. The number of rotatable bonds is 6. The van der Waals surface area contributed by atoms with Crippen LogP contribution in [0.3, 0.4) is 0 Å². The van der Waals surface area contributed by atoms with Crippen molar-refractivity contribution in [3.8, 4) is 17.6 Å². The van der Waals surface area contributed by atoms with Crippen molar-refractivity contribution >= 4 is 11.8 Å². The predicted octanol–water partition coefficient (Wildman–Crippen LogP) is 1.64. The van der Waals surface area contributed by atoms with E-state index >= 15 is 0 Å². The molecule has 7 heteroatoms. The second-order valence-electron chi connectivity index (χ2n) is 6.38. The standard InChI is InChI=1S/C22H24N2O5/c1-4-15-5-7-16(8-6-15)9-10-17-11-12-18(13-19(17)29-3)21(26)23-20(14(2)25)22(27)24-28/h5-8,11-14,20,25,28H,4H2,1-3H3,(H,23,26)(H,24,27)/t14-,20+/m1/s1. The van der Waals surface area contributed by atoms with Crippen LogP contribution >= 0.6 is 0 Å². The molecule has 0 aliphatic carbocycles. The summed E-state index contributed by atoms with van der Waals surface area (Å²) in [7, 11) is 1.47. The Kier molecular flexibility index (Phi) is 7.78. The molecular weight excluding hydrogens is 372 g/mol. The third-order valence-corrected chi connectivity index (χ3v) is 4.33. The van der Waals surface area contributed by atoms with E-state index in [1.54, 1.807) is 6.07 Å². The van der Waals surface area contributed by atoms with Crippen molar-refractivity contribution in [2.75, 3.05) is 7.11 Å². The Labute approximate surface area is 169 Å². The monoisotopic (exact) mass is 396 g/mol. The van der Waals surface area contributed by atoms with Crippen LogP contribution in [-0.4, -0.2) is 41.4 Å². The molecule has 0 unspecified atom stereocenters. The van der Waals surface area contributed by atoms with E-state index < -0.39 is 24.0 Å². The van der Waals surface area contributed by atoms with Gasteiger partial charge in [-0.1, -0.05) is 30.9 Å². The molecule has 0 spiro atoms. The lowest BCUT2D eigenvalue weighted by Crippen LogP contribution is -2.51. The average Bonchev–Trinajstić information content (AvgIpc) is 2.75. The smallest absolute Gasteiger partial charge is 0.268 e. The van der Waals surface area contributed by atoms with Crippen molar-refractivity contribution in [3.63, 3.8) is 0 Å². The van der Waals surface area contributed by atoms with Gasteiger partial charge in [0, 0.05) is 11.1 Å². The van der Waals surface area contributed by atoms with Crippen LogP contribution in [0, 0.1) is 11.8 Å². The highest BCUT2D eigenvalue weighted by molar-refractivity contribution is 5.98. The molecule has 2 aromatic carbocycles. The summed E-state index contributed by atoms with van der Waals surface area (Å²) < 4.78 is 5.33. The van der Waals surface area contributed by atoms with Gasteiger partial charge in [-0.25, -0.2) is 5.48 Å². The molecule has 0 heterocycles. The van der Waals surface area contributed by atoms with Crippen molar-refractivity contribution in [2.24, 2.45) is 0 Å². The lowest BCUT2D eigenvalue weighted by atomic mass is 10.1. The molecule has 2 atom stereocenters. The van der Waals surface area contributed by atoms with Gasteiger partial charge in [-0.05, 0) is 49.2 Å². The van der Waals surface area contributed by atoms with Crippen LogP contribution in [0.4, 0.5) is 0 Å². The quantitative estimate of drug-likeness (QED) is 0.337. The van der Waals surface area contributed by atoms with E-state index in [2.05, 4.69) is 24.1 Å². The van der Waals surface area contributed by atoms with Crippen LogP contribution < -0.4 is 15.5 Å². The summed E-state index contributed by atoms with van der Waals surface area (Å²) in [4.78, 5) is 24.0. The van der Waals surface area contributed by atoms with Crippen LogP contribution in [0.25, 0.3) is 0 Å². The fraction of sp³-hybridized carbons (Fsp3) is 0.273. The van der Waals surface area contributed by atoms with Crippen LogP contribution in [0.5, 0.6) is 5.75 Å². The van der Waals surface area contributed by atoms with Gasteiger partial charge in [-0.2, -0.15) is 0 Å². The Morgan fingerprint density at radius 2 is 1.83 bits per heavy atom. The molecule has 0 bridgehead atoms. The third-order valence-electron chi connectivity index (χ3n) is 4.33. The zero-order chi connectivity index (χ0) is 21.4. The van der Waals surface area contributed by atoms with E-state index in [0.717, 1.165) is 12.0 Å². The predicted molar refractivity (Wildman–Crippen MR) is 108 cm³/mol. The molecule has 0 radical (unpaired) electrons. The molecule has 0 fully saturated rings. The normalized spacial score (nSPS) is 12.2. The van der Waals surface area contributed by atoms with Crippen LogP contribution in [0.15, 0.2) is 42.5 Å². The number of hydrogen-bond donors (Lipinski definition) is 4. The summed E-state index contributed by atoms with van der Waals surface area (Å²) >= 11 is 0. The summed E-state index contributed by atoms with van der Waals surface area (Å²) in [5, 5.41) is 20.7. The zero-order valence-corrected chi connectivity index (χ0v) is 16.5. The first-order valence-corrected chi connectivity index (χ1v) is 9.11. The van der Waals surface area contributed by atoms with E-state index in [1.807, 2.05) is 24.3 Å². The molecule has 2 amide bonds. The Hall–Kier alpha value is -3.34. The molecule has 4 N–H and O–H groups in total. The van der Waals surface area contributed by atoms with Gasteiger partial charge in [-0.3, -0.25) is 14.8 Å². The number of aliphatic hydroxyl groups is 1. The Balaban J connectivity index is 2.22. The SMILES string of the molecule is CCc1ccc(C#Cc2ccc(C(=O)N[C@H](C(=O)NO)[C@@H](C)O)cc2OC)cc1. The summed E-state index contributed by atoms with van der Waals surface area (Å²) in [6, 6.07) is 11.3. The van der Waals surface area contributed by atoms with Gasteiger partial charge in [0.15, 0.2) is 0 Å². The van der Waals surface area contributed by atoms with Crippen LogP contribution in [-0.2, 0) is 11.2 Å². The summed E-state index contributed by atoms with van der Waals surface area (Å²) in [5.41, 5.74) is 4.33. The molecular formula is C22H24N2O5. The molecule has 2 aromatic rings. The number of ether oxygens (including phenoxy) is 1. The highest BCUT2D eigenvalue weighted by Crippen LogP contribution is 2.20. The summed E-state index contributed by atoms with van der Waals surface area (Å²) in [5.74, 6) is 4.96. The number of hydrogen-bond acceptors (Lipinski definition) is 5. The first kappa shape index (κ1) is 22.0. The topological polar surface area (TPSA) is 108 Å². The van der Waals surface area contributed by atoms with Crippen molar-refractivity contribution < 1.29 is 24.6 Å². The third kappa shape index (κ3) is 5.82. The first-order chi connectivity index (χ1) is 13.9. The highest BCUT2D eigenvalue weighted by Gasteiger charge is 2.26. The van der Waals surface area contributed by atoms with Gasteiger partial charge in [0.1, 0.15) is 11.8 Å². The van der Waals surface area contributed by atoms with Crippen LogP contribution in [0.2, 0.25) is 0 Å². The molecule has 7 nitrogen and oxygen atoms in total. The highest BCUT2D eigenvalue weighted by atomic mass is 16.5. The minimum atomic E-state index is -1.30. The fourth-order valence-electron chi connectivity index (χ4n) is 2.60. The Bertz CT molecular complexity index is 926. The largest absolute Gasteiger partial charge is 0.495 e. The van der Waals surface area contributed by atoms with Crippen molar-refractivity contribution in [1.82, 2.24) is 10.8 Å². The minimum absolute atomic E-state index is 0.219. The molecule has 0 aliphatic rings. The van der Waals surface area contributed by atoms with E-state index in [0.29, 0.717) is 11.3 Å². The van der Waals surface area contributed by atoms with Crippen molar-refractivity contribution in [1.29, 1.82) is 0 Å². The lowest BCUT2D eigenvalue weighted by molar-refractivity contribution is -0.133. The lowest BCUT2D eigenvalue weighted by Gasteiger charge is -2.19. The first-order valence-electron chi connectivity index (χ1n) is 9.11. The van der Waals surface area contributed by atoms with E-state index in [9.17, 15) is 14.7 Å². The number of amides is 2. The molecule has 29 heavy (non-hydrogen) atoms. The molecule has 0 saturated heterocycles. The molecule has 0 saturated carbocycles. The number of hydroxylamine groups is 1. The maximum atomic E-state index is 12.4. The van der Waals surface area contributed by atoms with Gasteiger partial charge in [-0.15, -0.1) is 0 Å². The van der Waals surface area contributed by atoms with Gasteiger partial charge in [0.2, 0.25) is 0 Å². The van der Waals surface area contributed by atoms with E-state index in [1.165, 1.54) is 37.2 Å². The maximum Gasteiger partial charge on any atom is 0.268 e. The number of benzene rings is 2. The van der Waals surface area contributed by atoms with Crippen molar-refractivity contribution in [2.45, 2.75) is 32.4 Å². The summed E-state index contributed by atoms with van der Waals surface area (Å²) in [6.45, 7) is 3.41. The molecule has 0 aliphatic heterocycles. The Morgan fingerprint density at radius 1 is 1.14 bits per heavy atom. The number of methoxy groups -OCH3 is 1. The minimum Gasteiger partial charge on any atom is -0.495 e. The zero-order valence-electron chi connectivity index (χ0n) is 16.5. The average molecular weight is 396 g/mol. The number of carbonyl (C=O) groups excluding carboxylic acids is 2. The molecule has 0 aromatic heterocycles. The second-order valence-corrected chi connectivity index (χ2v) is 6.38. The van der Waals surface area contributed by atoms with Gasteiger partial charge in [0.05, 0.1) is 18.8 Å².